The average molecular weight is 206 g/mol. The first-order valence-corrected chi connectivity index (χ1v) is 4.71. The molecule has 0 N–H and O–H groups in total. The fourth-order valence-corrected chi connectivity index (χ4v) is 1.77. The van der Waals surface area contributed by atoms with Crippen LogP contribution in [-0.4, -0.2) is 9.55 Å². The number of fused-ring (bicyclic) bond motifs is 1. The molecule has 0 atom stereocenters. The molecule has 70 valence electrons. The van der Waals surface area contributed by atoms with Gasteiger partial charge in [0.2, 0.25) is 0 Å². The van der Waals surface area contributed by atoms with Gasteiger partial charge in [0, 0.05) is 7.05 Å². The van der Waals surface area contributed by atoms with Gasteiger partial charge < -0.3 is 4.57 Å². The van der Waals surface area contributed by atoms with E-state index in [-0.39, 0.29) is 0 Å². The van der Waals surface area contributed by atoms with E-state index in [0.29, 0.717) is 11.4 Å². The molecule has 0 spiro atoms. The summed E-state index contributed by atoms with van der Waals surface area (Å²) in [4.78, 5) is 4.32. The quantitative estimate of drug-likeness (QED) is 0.670. The summed E-state index contributed by atoms with van der Waals surface area (Å²) in [6, 6.07) is 7.63. The van der Waals surface area contributed by atoms with Gasteiger partial charge in [-0.1, -0.05) is 6.07 Å². The van der Waals surface area contributed by atoms with Crippen molar-refractivity contribution in [3.8, 4) is 6.07 Å². The number of para-hydroxylation sites is 1. The second-order valence-corrected chi connectivity index (χ2v) is 3.27. The van der Waals surface area contributed by atoms with E-state index in [9.17, 15) is 0 Å². The lowest BCUT2D eigenvalue weighted by Gasteiger charge is -1.98. The molecule has 1 heterocycles. The molecule has 0 saturated heterocycles. The van der Waals surface area contributed by atoms with Crippen molar-refractivity contribution < 1.29 is 0 Å². The Morgan fingerprint density at radius 2 is 2.36 bits per heavy atom. The van der Waals surface area contributed by atoms with Gasteiger partial charge in [0.05, 0.1) is 22.5 Å². The van der Waals surface area contributed by atoms with Crippen LogP contribution in [0.5, 0.6) is 0 Å². The fourth-order valence-electron chi connectivity index (χ4n) is 1.53. The van der Waals surface area contributed by atoms with E-state index in [0.717, 1.165) is 16.9 Å². The van der Waals surface area contributed by atoms with Gasteiger partial charge >= 0.3 is 0 Å². The highest BCUT2D eigenvalue weighted by Crippen LogP contribution is 2.19. The number of aromatic nitrogens is 2. The van der Waals surface area contributed by atoms with Gasteiger partial charge in [-0.3, -0.25) is 0 Å². The van der Waals surface area contributed by atoms with E-state index in [1.165, 1.54) is 0 Å². The third kappa shape index (κ3) is 1.16. The Bertz CT molecular complexity index is 522. The van der Waals surface area contributed by atoms with Crippen molar-refractivity contribution in [3.05, 3.63) is 29.6 Å². The number of nitriles is 1. The normalized spacial score (nSPS) is 10.4. The summed E-state index contributed by atoms with van der Waals surface area (Å²) in [6.45, 7) is 0. The Balaban J connectivity index is 2.87. The summed E-state index contributed by atoms with van der Waals surface area (Å²) in [7, 11) is 1.87. The molecule has 0 fully saturated rings. The molecule has 0 radical (unpaired) electrons. The molecule has 0 saturated carbocycles. The fraction of sp³-hybridized carbons (Fsp3) is 0.200. The monoisotopic (exact) mass is 205 g/mol. The Hall–Kier alpha value is -1.53. The number of alkyl halides is 1. The van der Waals surface area contributed by atoms with Gasteiger partial charge in [0.1, 0.15) is 11.9 Å². The molecule has 3 nitrogen and oxygen atoms in total. The van der Waals surface area contributed by atoms with Crippen molar-refractivity contribution in [2.24, 2.45) is 7.05 Å². The van der Waals surface area contributed by atoms with Crippen LogP contribution in [0.1, 0.15) is 11.4 Å². The van der Waals surface area contributed by atoms with Gasteiger partial charge in [-0.25, -0.2) is 4.98 Å². The molecule has 0 aliphatic heterocycles. The number of nitrogens with zero attached hydrogens (tertiary/aromatic N) is 3. The highest BCUT2D eigenvalue weighted by molar-refractivity contribution is 6.16. The van der Waals surface area contributed by atoms with Crippen molar-refractivity contribution in [3.63, 3.8) is 0 Å². The highest BCUT2D eigenvalue weighted by Gasteiger charge is 2.09. The summed E-state index contributed by atoms with van der Waals surface area (Å²) in [6.07, 6.45) is 0. The molecule has 0 bridgehead atoms. The van der Waals surface area contributed by atoms with Gasteiger partial charge in [-0.2, -0.15) is 5.26 Å². The number of hydrogen-bond donors (Lipinski definition) is 0. The van der Waals surface area contributed by atoms with E-state index in [4.69, 9.17) is 16.9 Å². The predicted molar refractivity (Wildman–Crippen MR) is 55.0 cm³/mol. The van der Waals surface area contributed by atoms with E-state index in [2.05, 4.69) is 11.1 Å². The summed E-state index contributed by atoms with van der Waals surface area (Å²) in [5.41, 5.74) is 2.31. The van der Waals surface area contributed by atoms with Gasteiger partial charge in [0.25, 0.3) is 0 Å². The molecule has 0 aliphatic rings. The van der Waals surface area contributed by atoms with Gasteiger partial charge in [-0.05, 0) is 12.1 Å². The third-order valence-corrected chi connectivity index (χ3v) is 2.47. The SMILES string of the molecule is Cn1c(CCl)nc2cccc(C#N)c21. The van der Waals surface area contributed by atoms with E-state index in [1.54, 1.807) is 6.07 Å². The lowest BCUT2D eigenvalue weighted by Crippen LogP contribution is -1.95. The smallest absolute Gasteiger partial charge is 0.124 e. The number of hydrogen-bond acceptors (Lipinski definition) is 2. The second kappa shape index (κ2) is 3.32. The van der Waals surface area contributed by atoms with Crippen LogP contribution in [-0.2, 0) is 12.9 Å². The van der Waals surface area contributed by atoms with Crippen molar-refractivity contribution in [1.29, 1.82) is 5.26 Å². The van der Waals surface area contributed by atoms with Crippen LogP contribution in [0.4, 0.5) is 0 Å². The van der Waals surface area contributed by atoms with Crippen LogP contribution in [0.2, 0.25) is 0 Å². The molecule has 1 aromatic heterocycles. The predicted octanol–water partition coefficient (Wildman–Crippen LogP) is 2.18. The zero-order valence-corrected chi connectivity index (χ0v) is 8.41. The number of imidazole rings is 1. The summed E-state index contributed by atoms with van der Waals surface area (Å²) in [5.74, 6) is 1.14. The number of benzene rings is 1. The molecular weight excluding hydrogens is 198 g/mol. The molecule has 0 unspecified atom stereocenters. The summed E-state index contributed by atoms with van der Waals surface area (Å²) >= 11 is 5.73. The lowest BCUT2D eigenvalue weighted by molar-refractivity contribution is 0.873. The van der Waals surface area contributed by atoms with Crippen LogP contribution in [0.25, 0.3) is 11.0 Å². The molecule has 14 heavy (non-hydrogen) atoms. The Morgan fingerprint density at radius 3 is 3.00 bits per heavy atom. The first-order valence-electron chi connectivity index (χ1n) is 4.18. The van der Waals surface area contributed by atoms with Crippen molar-refractivity contribution in [1.82, 2.24) is 9.55 Å². The maximum atomic E-state index is 8.92. The van der Waals surface area contributed by atoms with E-state index >= 15 is 0 Å². The zero-order chi connectivity index (χ0) is 10.1. The van der Waals surface area contributed by atoms with Crippen LogP contribution >= 0.6 is 11.6 Å². The summed E-state index contributed by atoms with van der Waals surface area (Å²) < 4.78 is 1.86. The molecule has 4 heteroatoms. The largest absolute Gasteiger partial charge is 0.329 e. The molecule has 0 amide bonds. The van der Waals surface area contributed by atoms with Crippen LogP contribution in [0.3, 0.4) is 0 Å². The van der Waals surface area contributed by atoms with Crippen LogP contribution in [0, 0.1) is 11.3 Å². The molecule has 2 aromatic rings. The molecule has 1 aromatic carbocycles. The Morgan fingerprint density at radius 1 is 1.57 bits per heavy atom. The minimum absolute atomic E-state index is 0.357. The summed E-state index contributed by atoms with van der Waals surface area (Å²) in [5, 5.41) is 8.92. The van der Waals surface area contributed by atoms with Crippen molar-refractivity contribution in [2.75, 3.05) is 0 Å². The van der Waals surface area contributed by atoms with Crippen LogP contribution < -0.4 is 0 Å². The maximum absolute atomic E-state index is 8.92. The first-order chi connectivity index (χ1) is 6.77. The molecule has 0 aliphatic carbocycles. The second-order valence-electron chi connectivity index (χ2n) is 3.01. The number of aryl methyl sites for hydroxylation is 1. The van der Waals surface area contributed by atoms with Gasteiger partial charge in [-0.15, -0.1) is 11.6 Å². The zero-order valence-electron chi connectivity index (χ0n) is 7.66. The maximum Gasteiger partial charge on any atom is 0.124 e. The van der Waals surface area contributed by atoms with Crippen LogP contribution in [0.15, 0.2) is 18.2 Å². The number of halogens is 1. The Labute approximate surface area is 86.5 Å². The highest BCUT2D eigenvalue weighted by atomic mass is 35.5. The van der Waals surface area contributed by atoms with Crippen molar-refractivity contribution >= 4 is 22.6 Å². The number of rotatable bonds is 1. The lowest BCUT2D eigenvalue weighted by atomic mass is 10.2. The molecular formula is C10H8ClN3. The topological polar surface area (TPSA) is 41.6 Å². The minimum Gasteiger partial charge on any atom is -0.329 e. The van der Waals surface area contributed by atoms with E-state index < -0.39 is 0 Å². The average Bonchev–Trinajstić information content (AvgIpc) is 2.55. The van der Waals surface area contributed by atoms with E-state index in [1.807, 2.05) is 23.7 Å². The minimum atomic E-state index is 0.357. The van der Waals surface area contributed by atoms with Crippen molar-refractivity contribution in [2.45, 2.75) is 5.88 Å². The van der Waals surface area contributed by atoms with Gasteiger partial charge in [0.15, 0.2) is 0 Å². The first kappa shape index (κ1) is 9.04. The standard InChI is InChI=1S/C10H8ClN3/c1-14-9(5-11)13-8-4-2-3-7(6-12)10(8)14/h2-4H,5H2,1H3. The third-order valence-electron chi connectivity index (χ3n) is 2.23. The molecule has 2 rings (SSSR count). The Kier molecular flexibility index (Phi) is 2.14.